The molecule has 4 nitrogen and oxygen atoms in total. The molecule has 1 aromatic rings. The van der Waals surface area contributed by atoms with Crippen molar-refractivity contribution in [1.82, 2.24) is 0 Å². The second-order valence-corrected chi connectivity index (χ2v) is 3.26. The molecule has 1 N–H and O–H groups in total. The number of benzene rings is 1. The first-order valence-corrected chi connectivity index (χ1v) is 4.64. The maximum atomic E-state index is 13.4. The van der Waals surface area contributed by atoms with Crippen LogP contribution >= 0.6 is 0 Å². The van der Waals surface area contributed by atoms with Gasteiger partial charge < -0.3 is 14.6 Å². The maximum Gasteiger partial charge on any atom is 0.307 e. The van der Waals surface area contributed by atoms with E-state index in [-0.39, 0.29) is 18.8 Å². The molecule has 1 rings (SSSR count). The van der Waals surface area contributed by atoms with Gasteiger partial charge in [-0.05, 0) is 23.3 Å². The molecule has 0 aromatic heterocycles. The molecule has 88 valence electrons. The van der Waals surface area contributed by atoms with Crippen molar-refractivity contribution in [3.63, 3.8) is 0 Å². The molecule has 0 fully saturated rings. The average molecular weight is 228 g/mol. The number of carboxylic acid groups (broad SMARTS) is 1. The average Bonchev–Trinajstić information content (AvgIpc) is 2.21. The summed E-state index contributed by atoms with van der Waals surface area (Å²) in [5.41, 5.74) is 1.01. The monoisotopic (exact) mass is 228 g/mol. The first-order chi connectivity index (χ1) is 7.58. The second kappa shape index (κ2) is 5.46. The Labute approximate surface area is 92.6 Å². The molecule has 0 aliphatic carbocycles. The molecular formula is C11H13FO4. The van der Waals surface area contributed by atoms with Crippen molar-refractivity contribution in [2.75, 3.05) is 14.2 Å². The smallest absolute Gasteiger partial charge is 0.307 e. The van der Waals surface area contributed by atoms with Gasteiger partial charge in [-0.1, -0.05) is 0 Å². The minimum Gasteiger partial charge on any atom is -0.494 e. The Morgan fingerprint density at radius 3 is 2.56 bits per heavy atom. The molecule has 0 spiro atoms. The quantitative estimate of drug-likeness (QED) is 0.831. The predicted octanol–water partition coefficient (Wildman–Crippen LogP) is 1.61. The van der Waals surface area contributed by atoms with E-state index < -0.39 is 11.8 Å². The molecular weight excluding hydrogens is 215 g/mol. The Hall–Kier alpha value is -1.62. The van der Waals surface area contributed by atoms with Gasteiger partial charge in [0, 0.05) is 7.11 Å². The van der Waals surface area contributed by atoms with E-state index in [0.29, 0.717) is 11.1 Å². The Morgan fingerprint density at radius 1 is 1.38 bits per heavy atom. The standard InChI is InChI=1S/C11H13FO4/c1-15-6-8-4-10(16-2)9(12)3-7(8)5-11(13)14/h3-4H,5-6H2,1-2H3,(H,13,14). The molecule has 1 aromatic carbocycles. The Bertz CT molecular complexity index is 390. The lowest BCUT2D eigenvalue weighted by Gasteiger charge is -2.10. The van der Waals surface area contributed by atoms with Crippen LogP contribution in [0.25, 0.3) is 0 Å². The van der Waals surface area contributed by atoms with E-state index in [1.54, 1.807) is 0 Å². The van der Waals surface area contributed by atoms with Crippen LogP contribution in [-0.2, 0) is 22.6 Å². The number of halogens is 1. The summed E-state index contributed by atoms with van der Waals surface area (Å²) in [6.45, 7) is 0.221. The van der Waals surface area contributed by atoms with Crippen LogP contribution in [0.1, 0.15) is 11.1 Å². The van der Waals surface area contributed by atoms with E-state index in [0.717, 1.165) is 0 Å². The van der Waals surface area contributed by atoms with Gasteiger partial charge in [0.2, 0.25) is 0 Å². The lowest BCUT2D eigenvalue weighted by molar-refractivity contribution is -0.136. The first kappa shape index (κ1) is 12.4. The number of carboxylic acids is 1. The summed E-state index contributed by atoms with van der Waals surface area (Å²) in [6.07, 6.45) is -0.237. The van der Waals surface area contributed by atoms with Gasteiger partial charge in [0.1, 0.15) is 0 Å². The minimum atomic E-state index is -1.01. The molecule has 0 saturated carbocycles. The highest BCUT2D eigenvalue weighted by atomic mass is 19.1. The molecule has 5 heteroatoms. The van der Waals surface area contributed by atoms with Gasteiger partial charge in [-0.2, -0.15) is 0 Å². The number of aliphatic carboxylic acids is 1. The summed E-state index contributed by atoms with van der Waals surface area (Å²) in [7, 11) is 2.84. The Kier molecular flexibility index (Phi) is 4.25. The highest BCUT2D eigenvalue weighted by Crippen LogP contribution is 2.23. The minimum absolute atomic E-state index is 0.0844. The highest BCUT2D eigenvalue weighted by Gasteiger charge is 2.12. The molecule has 0 heterocycles. The van der Waals surface area contributed by atoms with Gasteiger partial charge in [0.05, 0.1) is 20.1 Å². The van der Waals surface area contributed by atoms with Crippen molar-refractivity contribution in [3.05, 3.63) is 29.1 Å². The van der Waals surface area contributed by atoms with E-state index in [1.165, 1.54) is 26.4 Å². The topological polar surface area (TPSA) is 55.8 Å². The van der Waals surface area contributed by atoms with Crippen molar-refractivity contribution < 1.29 is 23.8 Å². The molecule has 0 unspecified atom stereocenters. The zero-order valence-corrected chi connectivity index (χ0v) is 9.12. The van der Waals surface area contributed by atoms with Crippen molar-refractivity contribution >= 4 is 5.97 Å². The van der Waals surface area contributed by atoms with Gasteiger partial charge in [0.25, 0.3) is 0 Å². The molecule has 0 radical (unpaired) electrons. The third-order valence-electron chi connectivity index (χ3n) is 2.12. The first-order valence-electron chi connectivity index (χ1n) is 4.64. The summed E-state index contributed by atoms with van der Waals surface area (Å²) < 4.78 is 23.1. The van der Waals surface area contributed by atoms with Crippen molar-refractivity contribution in [2.45, 2.75) is 13.0 Å². The number of ether oxygens (including phenoxy) is 2. The van der Waals surface area contributed by atoms with E-state index in [9.17, 15) is 9.18 Å². The van der Waals surface area contributed by atoms with Crippen LogP contribution in [0.4, 0.5) is 4.39 Å². The summed E-state index contributed by atoms with van der Waals surface area (Å²) in [5.74, 6) is -1.50. The van der Waals surface area contributed by atoms with Crippen LogP contribution in [0.3, 0.4) is 0 Å². The zero-order chi connectivity index (χ0) is 12.1. The maximum absolute atomic E-state index is 13.4. The van der Waals surface area contributed by atoms with Crippen LogP contribution < -0.4 is 4.74 Å². The van der Waals surface area contributed by atoms with Crippen LogP contribution in [0.15, 0.2) is 12.1 Å². The molecule has 0 aliphatic rings. The Morgan fingerprint density at radius 2 is 2.06 bits per heavy atom. The van der Waals surface area contributed by atoms with Crippen LogP contribution in [-0.4, -0.2) is 25.3 Å². The lowest BCUT2D eigenvalue weighted by Crippen LogP contribution is -2.06. The summed E-state index contributed by atoms with van der Waals surface area (Å²) in [5, 5.41) is 8.68. The largest absolute Gasteiger partial charge is 0.494 e. The molecule has 16 heavy (non-hydrogen) atoms. The molecule has 0 amide bonds. The summed E-state index contributed by atoms with van der Waals surface area (Å²) in [6, 6.07) is 2.62. The van der Waals surface area contributed by atoms with Crippen LogP contribution in [0.2, 0.25) is 0 Å². The number of hydrogen-bond donors (Lipinski definition) is 1. The van der Waals surface area contributed by atoms with Gasteiger partial charge in [-0.15, -0.1) is 0 Å². The van der Waals surface area contributed by atoms with Gasteiger partial charge in [0.15, 0.2) is 11.6 Å². The predicted molar refractivity (Wildman–Crippen MR) is 55.0 cm³/mol. The Balaban J connectivity index is 3.13. The fourth-order valence-corrected chi connectivity index (χ4v) is 1.41. The summed E-state index contributed by atoms with van der Waals surface area (Å²) >= 11 is 0. The zero-order valence-electron chi connectivity index (χ0n) is 9.12. The molecule has 0 atom stereocenters. The third kappa shape index (κ3) is 2.93. The van der Waals surface area contributed by atoms with Crippen molar-refractivity contribution in [3.8, 4) is 5.75 Å². The molecule has 0 saturated heterocycles. The van der Waals surface area contributed by atoms with Crippen molar-refractivity contribution in [1.29, 1.82) is 0 Å². The number of methoxy groups -OCH3 is 2. The normalized spacial score (nSPS) is 10.2. The van der Waals surface area contributed by atoms with E-state index in [4.69, 9.17) is 14.6 Å². The lowest BCUT2D eigenvalue weighted by atomic mass is 10.0. The van der Waals surface area contributed by atoms with E-state index in [2.05, 4.69) is 0 Å². The number of rotatable bonds is 5. The van der Waals surface area contributed by atoms with Crippen LogP contribution in [0, 0.1) is 5.82 Å². The fraction of sp³-hybridized carbons (Fsp3) is 0.364. The van der Waals surface area contributed by atoms with Gasteiger partial charge in [-0.3, -0.25) is 4.79 Å². The van der Waals surface area contributed by atoms with Crippen molar-refractivity contribution in [2.24, 2.45) is 0 Å². The molecule has 0 aliphatic heterocycles. The van der Waals surface area contributed by atoms with Crippen LogP contribution in [0.5, 0.6) is 5.75 Å². The van der Waals surface area contributed by atoms with Gasteiger partial charge >= 0.3 is 5.97 Å². The number of carbonyl (C=O) groups is 1. The third-order valence-corrected chi connectivity index (χ3v) is 2.12. The highest BCUT2D eigenvalue weighted by molar-refractivity contribution is 5.71. The fourth-order valence-electron chi connectivity index (χ4n) is 1.41. The number of hydrogen-bond acceptors (Lipinski definition) is 3. The van der Waals surface area contributed by atoms with E-state index >= 15 is 0 Å². The van der Waals surface area contributed by atoms with Gasteiger partial charge in [-0.25, -0.2) is 4.39 Å². The van der Waals surface area contributed by atoms with E-state index in [1.807, 2.05) is 0 Å². The molecule has 0 bridgehead atoms. The SMILES string of the molecule is COCc1cc(OC)c(F)cc1CC(=O)O. The summed E-state index contributed by atoms with van der Waals surface area (Å²) in [4.78, 5) is 10.6. The second-order valence-electron chi connectivity index (χ2n) is 3.26.